The fourth-order valence-corrected chi connectivity index (χ4v) is 3.98. The second kappa shape index (κ2) is 7.25. The summed E-state index contributed by atoms with van der Waals surface area (Å²) in [5, 5.41) is 13.2. The first-order valence-corrected chi connectivity index (χ1v) is 9.64. The van der Waals surface area contributed by atoms with E-state index in [1.165, 1.54) is 0 Å². The molecule has 1 N–H and O–H groups in total. The van der Waals surface area contributed by atoms with Crippen LogP contribution in [0.2, 0.25) is 0 Å². The molecule has 0 bridgehead atoms. The number of aromatic hydroxyl groups is 1. The molecule has 0 fully saturated rings. The van der Waals surface area contributed by atoms with E-state index in [2.05, 4.69) is 35.3 Å². The second-order valence-electron chi connectivity index (χ2n) is 6.97. The SMILES string of the molecule is Oc1c(-c2ccccn2)c(-c2ccccc2)c(-c2ccccc2)c2ccccc12. The number of benzene rings is 4. The molecule has 1 aromatic heterocycles. The third-order valence-electron chi connectivity index (χ3n) is 5.23. The Morgan fingerprint density at radius 1 is 0.483 bits per heavy atom. The number of pyridine rings is 1. The Labute approximate surface area is 169 Å². The monoisotopic (exact) mass is 373 g/mol. The predicted octanol–water partition coefficient (Wildman–Crippen LogP) is 6.94. The maximum absolute atomic E-state index is 11.4. The van der Waals surface area contributed by atoms with Crippen LogP contribution in [0.15, 0.2) is 109 Å². The molecule has 5 aromatic rings. The maximum atomic E-state index is 11.4. The summed E-state index contributed by atoms with van der Waals surface area (Å²) in [6, 6.07) is 34.4. The van der Waals surface area contributed by atoms with Gasteiger partial charge in [0, 0.05) is 17.1 Å². The molecule has 29 heavy (non-hydrogen) atoms. The summed E-state index contributed by atoms with van der Waals surface area (Å²) >= 11 is 0. The topological polar surface area (TPSA) is 33.1 Å². The minimum absolute atomic E-state index is 0.262. The van der Waals surface area contributed by atoms with Crippen molar-refractivity contribution in [3.05, 3.63) is 109 Å². The Balaban J connectivity index is 2.02. The van der Waals surface area contributed by atoms with Crippen LogP contribution in [0, 0.1) is 0 Å². The molecule has 0 aliphatic carbocycles. The van der Waals surface area contributed by atoms with Gasteiger partial charge >= 0.3 is 0 Å². The lowest BCUT2D eigenvalue weighted by molar-refractivity contribution is 0.483. The van der Waals surface area contributed by atoms with E-state index >= 15 is 0 Å². The summed E-state index contributed by atoms with van der Waals surface area (Å²) in [6.07, 6.45) is 1.76. The van der Waals surface area contributed by atoms with Crippen LogP contribution >= 0.6 is 0 Å². The van der Waals surface area contributed by atoms with Gasteiger partial charge in [0.1, 0.15) is 5.75 Å². The zero-order valence-corrected chi connectivity index (χ0v) is 15.8. The van der Waals surface area contributed by atoms with Crippen LogP contribution in [0.3, 0.4) is 0 Å². The van der Waals surface area contributed by atoms with Crippen LogP contribution in [-0.2, 0) is 0 Å². The van der Waals surface area contributed by atoms with Crippen molar-refractivity contribution in [1.29, 1.82) is 0 Å². The highest BCUT2D eigenvalue weighted by atomic mass is 16.3. The fraction of sp³-hybridized carbons (Fsp3) is 0. The van der Waals surface area contributed by atoms with Crippen molar-refractivity contribution in [1.82, 2.24) is 4.98 Å². The van der Waals surface area contributed by atoms with Gasteiger partial charge in [-0.25, -0.2) is 0 Å². The number of nitrogens with zero attached hydrogens (tertiary/aromatic N) is 1. The van der Waals surface area contributed by atoms with Crippen molar-refractivity contribution in [2.75, 3.05) is 0 Å². The van der Waals surface area contributed by atoms with Gasteiger partial charge in [0.15, 0.2) is 0 Å². The third kappa shape index (κ3) is 2.95. The molecule has 2 nitrogen and oxygen atoms in total. The fourth-order valence-electron chi connectivity index (χ4n) is 3.98. The lowest BCUT2D eigenvalue weighted by Gasteiger charge is -2.20. The normalized spacial score (nSPS) is 10.9. The molecule has 0 radical (unpaired) electrons. The molecular formula is C27H19NO. The molecule has 0 amide bonds. The molecule has 1 heterocycles. The zero-order chi connectivity index (χ0) is 19.6. The van der Waals surface area contributed by atoms with E-state index in [0.717, 1.165) is 44.3 Å². The molecule has 0 saturated heterocycles. The Hall–Kier alpha value is -3.91. The van der Waals surface area contributed by atoms with E-state index < -0.39 is 0 Å². The molecule has 2 heteroatoms. The molecule has 0 aliphatic rings. The van der Waals surface area contributed by atoms with E-state index in [1.54, 1.807) is 6.20 Å². The lowest BCUT2D eigenvalue weighted by atomic mass is 9.84. The van der Waals surface area contributed by atoms with Crippen molar-refractivity contribution in [2.24, 2.45) is 0 Å². The van der Waals surface area contributed by atoms with Crippen LogP contribution in [-0.4, -0.2) is 10.1 Å². The van der Waals surface area contributed by atoms with Crippen LogP contribution in [0.5, 0.6) is 5.75 Å². The smallest absolute Gasteiger partial charge is 0.133 e. The van der Waals surface area contributed by atoms with Gasteiger partial charge < -0.3 is 5.11 Å². The minimum atomic E-state index is 0.262. The number of hydrogen-bond acceptors (Lipinski definition) is 2. The number of aromatic nitrogens is 1. The maximum Gasteiger partial charge on any atom is 0.133 e. The number of hydrogen-bond donors (Lipinski definition) is 1. The number of phenols is 1. The highest BCUT2D eigenvalue weighted by Gasteiger charge is 2.22. The quantitative estimate of drug-likeness (QED) is 0.371. The van der Waals surface area contributed by atoms with E-state index in [4.69, 9.17) is 0 Å². The minimum Gasteiger partial charge on any atom is -0.507 e. The summed E-state index contributed by atoms with van der Waals surface area (Å²) < 4.78 is 0. The van der Waals surface area contributed by atoms with Crippen molar-refractivity contribution in [3.8, 4) is 39.3 Å². The van der Waals surface area contributed by atoms with E-state index in [9.17, 15) is 5.11 Å². The molecule has 0 spiro atoms. The molecule has 0 atom stereocenters. The molecule has 5 rings (SSSR count). The van der Waals surface area contributed by atoms with Gasteiger partial charge in [-0.15, -0.1) is 0 Å². The average molecular weight is 373 g/mol. The van der Waals surface area contributed by atoms with Crippen molar-refractivity contribution in [2.45, 2.75) is 0 Å². The lowest BCUT2D eigenvalue weighted by Crippen LogP contribution is -1.95. The summed E-state index contributed by atoms with van der Waals surface area (Å²) in [6.45, 7) is 0. The third-order valence-corrected chi connectivity index (χ3v) is 5.23. The molecule has 4 aromatic carbocycles. The van der Waals surface area contributed by atoms with Crippen molar-refractivity contribution in [3.63, 3.8) is 0 Å². The average Bonchev–Trinajstić information content (AvgIpc) is 2.81. The number of fused-ring (bicyclic) bond motifs is 1. The van der Waals surface area contributed by atoms with Gasteiger partial charge in [0.2, 0.25) is 0 Å². The van der Waals surface area contributed by atoms with Crippen LogP contribution in [0.25, 0.3) is 44.3 Å². The zero-order valence-electron chi connectivity index (χ0n) is 15.8. The molecule has 0 unspecified atom stereocenters. The first-order valence-electron chi connectivity index (χ1n) is 9.64. The van der Waals surface area contributed by atoms with Crippen LogP contribution < -0.4 is 0 Å². The Kier molecular flexibility index (Phi) is 4.30. The van der Waals surface area contributed by atoms with Crippen LogP contribution in [0.4, 0.5) is 0 Å². The summed E-state index contributed by atoms with van der Waals surface area (Å²) in [5.41, 5.74) is 5.77. The standard InChI is InChI=1S/C27H19NO/c29-27-22-16-8-7-15-21(22)24(19-11-3-1-4-12-19)25(20-13-5-2-6-14-20)26(27)23-17-9-10-18-28-23/h1-18,29H. The largest absolute Gasteiger partial charge is 0.507 e. The van der Waals surface area contributed by atoms with Gasteiger partial charge in [0.25, 0.3) is 0 Å². The highest BCUT2D eigenvalue weighted by Crippen LogP contribution is 2.49. The van der Waals surface area contributed by atoms with Crippen molar-refractivity contribution >= 4 is 10.8 Å². The summed E-state index contributed by atoms with van der Waals surface area (Å²) in [5.74, 6) is 0.262. The summed E-state index contributed by atoms with van der Waals surface area (Å²) in [7, 11) is 0. The van der Waals surface area contributed by atoms with Gasteiger partial charge in [-0.2, -0.15) is 0 Å². The Morgan fingerprint density at radius 3 is 1.66 bits per heavy atom. The number of rotatable bonds is 3. The molecule has 0 aliphatic heterocycles. The predicted molar refractivity (Wildman–Crippen MR) is 120 cm³/mol. The Bertz CT molecular complexity index is 1280. The summed E-state index contributed by atoms with van der Waals surface area (Å²) in [4.78, 5) is 4.58. The highest BCUT2D eigenvalue weighted by molar-refractivity contribution is 6.13. The molecule has 0 saturated carbocycles. The van der Waals surface area contributed by atoms with Gasteiger partial charge in [-0.3, -0.25) is 4.98 Å². The molecule has 138 valence electrons. The van der Waals surface area contributed by atoms with Gasteiger partial charge in [-0.1, -0.05) is 91.0 Å². The van der Waals surface area contributed by atoms with Gasteiger partial charge in [-0.05, 0) is 34.2 Å². The van der Waals surface area contributed by atoms with Crippen LogP contribution in [0.1, 0.15) is 0 Å². The molecular weight excluding hydrogens is 354 g/mol. The van der Waals surface area contributed by atoms with E-state index in [1.807, 2.05) is 72.8 Å². The van der Waals surface area contributed by atoms with Crippen molar-refractivity contribution < 1.29 is 5.11 Å². The van der Waals surface area contributed by atoms with E-state index in [-0.39, 0.29) is 5.75 Å². The number of phenolic OH excluding ortho intramolecular Hbond substituents is 1. The second-order valence-corrected chi connectivity index (χ2v) is 6.97. The first kappa shape index (κ1) is 17.2. The Morgan fingerprint density at radius 2 is 1.03 bits per heavy atom. The first-order chi connectivity index (χ1) is 14.3. The van der Waals surface area contributed by atoms with Gasteiger partial charge in [0.05, 0.1) is 11.3 Å². The van der Waals surface area contributed by atoms with E-state index in [0.29, 0.717) is 0 Å².